The first-order valence-corrected chi connectivity index (χ1v) is 7.57. The van der Waals surface area contributed by atoms with Crippen LogP contribution in [0.15, 0.2) is 30.3 Å². The quantitative estimate of drug-likeness (QED) is 0.873. The number of hydrogen-bond acceptors (Lipinski definition) is 3. The van der Waals surface area contributed by atoms with Crippen molar-refractivity contribution in [3.05, 3.63) is 41.7 Å². The van der Waals surface area contributed by atoms with E-state index in [1.54, 1.807) is 24.3 Å². The summed E-state index contributed by atoms with van der Waals surface area (Å²) in [7, 11) is 0. The van der Waals surface area contributed by atoms with Gasteiger partial charge in [-0.25, -0.2) is 4.39 Å². The highest BCUT2D eigenvalue weighted by Gasteiger charge is 2.26. The number of nitrogens with zero attached hydrogens (tertiary/aromatic N) is 1. The van der Waals surface area contributed by atoms with Crippen molar-refractivity contribution in [3.63, 3.8) is 0 Å². The fraction of sp³-hybridized carbons (Fsp3) is 0.412. The van der Waals surface area contributed by atoms with Gasteiger partial charge in [-0.3, -0.25) is 9.59 Å². The summed E-state index contributed by atoms with van der Waals surface area (Å²) in [4.78, 5) is 24.7. The standard InChI is InChI=1S/C17H20FNO4/c18-14-5-1-3-13(11-14)4-2-6-16(20)19(12-17(21)22)15-7-9-23-10-8-15/h1-5,11,15H,6-10,12H2,(H,21,22)/b4-2+. The summed E-state index contributed by atoms with van der Waals surface area (Å²) in [6, 6.07) is 5.94. The number of carbonyl (C=O) groups excluding carboxylic acids is 1. The average Bonchev–Trinajstić information content (AvgIpc) is 2.53. The second-order valence-electron chi connectivity index (χ2n) is 5.42. The smallest absolute Gasteiger partial charge is 0.323 e. The number of aliphatic carboxylic acids is 1. The fourth-order valence-corrected chi connectivity index (χ4v) is 2.59. The highest BCUT2D eigenvalue weighted by Crippen LogP contribution is 2.16. The molecule has 0 radical (unpaired) electrons. The van der Waals surface area contributed by atoms with Gasteiger partial charge in [0.1, 0.15) is 12.4 Å². The van der Waals surface area contributed by atoms with Gasteiger partial charge in [0.15, 0.2) is 0 Å². The average molecular weight is 321 g/mol. The second kappa shape index (κ2) is 8.43. The van der Waals surface area contributed by atoms with Crippen molar-refractivity contribution in [2.75, 3.05) is 19.8 Å². The molecule has 0 aliphatic carbocycles. The van der Waals surface area contributed by atoms with Crippen LogP contribution in [0, 0.1) is 5.82 Å². The Morgan fingerprint density at radius 2 is 2.09 bits per heavy atom. The third-order valence-corrected chi connectivity index (χ3v) is 3.71. The maximum Gasteiger partial charge on any atom is 0.323 e. The Labute approximate surface area is 134 Å². The number of hydrogen-bond donors (Lipinski definition) is 1. The molecule has 2 rings (SSSR count). The lowest BCUT2D eigenvalue weighted by Crippen LogP contribution is -2.45. The maximum absolute atomic E-state index is 13.1. The molecule has 1 aliphatic heterocycles. The molecule has 0 atom stereocenters. The molecule has 1 heterocycles. The van der Waals surface area contributed by atoms with E-state index < -0.39 is 5.97 Å². The Morgan fingerprint density at radius 3 is 2.74 bits per heavy atom. The summed E-state index contributed by atoms with van der Waals surface area (Å²) in [5, 5.41) is 9.01. The topological polar surface area (TPSA) is 66.8 Å². The first kappa shape index (κ1) is 17.1. The van der Waals surface area contributed by atoms with Gasteiger partial charge in [0.25, 0.3) is 0 Å². The molecule has 124 valence electrons. The van der Waals surface area contributed by atoms with Gasteiger partial charge in [0.2, 0.25) is 5.91 Å². The minimum absolute atomic E-state index is 0.0845. The zero-order chi connectivity index (χ0) is 16.7. The normalized spacial score (nSPS) is 15.7. The zero-order valence-electron chi connectivity index (χ0n) is 12.8. The van der Waals surface area contributed by atoms with Gasteiger partial charge in [-0.2, -0.15) is 0 Å². The first-order chi connectivity index (χ1) is 11.1. The predicted molar refractivity (Wildman–Crippen MR) is 83.2 cm³/mol. The molecule has 1 aromatic carbocycles. The van der Waals surface area contributed by atoms with Crippen LogP contribution in [-0.4, -0.2) is 47.7 Å². The van der Waals surface area contributed by atoms with Crippen molar-refractivity contribution in [2.45, 2.75) is 25.3 Å². The van der Waals surface area contributed by atoms with E-state index in [2.05, 4.69) is 0 Å². The van der Waals surface area contributed by atoms with Gasteiger partial charge in [0, 0.05) is 25.7 Å². The van der Waals surface area contributed by atoms with E-state index in [0.29, 0.717) is 31.6 Å². The summed E-state index contributed by atoms with van der Waals surface area (Å²) in [6.07, 6.45) is 4.66. The van der Waals surface area contributed by atoms with Crippen molar-refractivity contribution >= 4 is 18.0 Å². The van der Waals surface area contributed by atoms with E-state index in [4.69, 9.17) is 9.84 Å². The van der Waals surface area contributed by atoms with E-state index in [1.165, 1.54) is 17.0 Å². The minimum Gasteiger partial charge on any atom is -0.480 e. The Balaban J connectivity index is 1.97. The Bertz CT molecular complexity index is 582. The fourth-order valence-electron chi connectivity index (χ4n) is 2.59. The molecule has 1 amide bonds. The van der Waals surface area contributed by atoms with E-state index in [-0.39, 0.29) is 30.7 Å². The Hall–Kier alpha value is -2.21. The van der Waals surface area contributed by atoms with Crippen LogP contribution in [0.3, 0.4) is 0 Å². The molecule has 23 heavy (non-hydrogen) atoms. The van der Waals surface area contributed by atoms with Crippen molar-refractivity contribution in [1.82, 2.24) is 4.90 Å². The van der Waals surface area contributed by atoms with Gasteiger partial charge < -0.3 is 14.7 Å². The number of amides is 1. The third-order valence-electron chi connectivity index (χ3n) is 3.71. The molecule has 1 aliphatic rings. The van der Waals surface area contributed by atoms with Gasteiger partial charge in [0.05, 0.1) is 0 Å². The van der Waals surface area contributed by atoms with Crippen LogP contribution in [-0.2, 0) is 14.3 Å². The molecule has 0 unspecified atom stereocenters. The van der Waals surface area contributed by atoms with Gasteiger partial charge in [-0.05, 0) is 30.5 Å². The number of benzene rings is 1. The van der Waals surface area contributed by atoms with Gasteiger partial charge >= 0.3 is 5.97 Å². The van der Waals surface area contributed by atoms with Crippen LogP contribution in [0.25, 0.3) is 6.08 Å². The largest absolute Gasteiger partial charge is 0.480 e. The molecule has 1 N–H and O–H groups in total. The minimum atomic E-state index is -1.03. The van der Waals surface area contributed by atoms with E-state index in [0.717, 1.165) is 0 Å². The highest BCUT2D eigenvalue weighted by molar-refractivity contribution is 5.83. The molecule has 0 saturated carbocycles. The van der Waals surface area contributed by atoms with E-state index >= 15 is 0 Å². The van der Waals surface area contributed by atoms with E-state index in [9.17, 15) is 14.0 Å². The first-order valence-electron chi connectivity index (χ1n) is 7.57. The summed E-state index contributed by atoms with van der Waals surface area (Å²) < 4.78 is 18.3. The molecule has 1 fully saturated rings. The number of carbonyl (C=O) groups is 2. The lowest BCUT2D eigenvalue weighted by molar-refractivity contribution is -0.147. The molecular weight excluding hydrogens is 301 g/mol. The molecule has 1 saturated heterocycles. The number of ether oxygens (including phenoxy) is 1. The van der Waals surface area contributed by atoms with Crippen LogP contribution in [0.1, 0.15) is 24.8 Å². The number of carboxylic acid groups (broad SMARTS) is 1. The van der Waals surface area contributed by atoms with Crippen LogP contribution in [0.2, 0.25) is 0 Å². The predicted octanol–water partition coefficient (Wildman–Crippen LogP) is 2.32. The molecule has 6 heteroatoms. The van der Waals surface area contributed by atoms with Crippen LogP contribution >= 0.6 is 0 Å². The summed E-state index contributed by atoms with van der Waals surface area (Å²) in [6.45, 7) is 0.762. The maximum atomic E-state index is 13.1. The van der Waals surface area contributed by atoms with Crippen molar-refractivity contribution in [1.29, 1.82) is 0 Å². The van der Waals surface area contributed by atoms with Gasteiger partial charge in [-0.1, -0.05) is 24.3 Å². The SMILES string of the molecule is O=C(O)CN(C(=O)C/C=C/c1cccc(F)c1)C1CCOCC1. The lowest BCUT2D eigenvalue weighted by atomic mass is 10.1. The lowest BCUT2D eigenvalue weighted by Gasteiger charge is -2.33. The van der Waals surface area contributed by atoms with Gasteiger partial charge in [-0.15, -0.1) is 0 Å². The monoisotopic (exact) mass is 321 g/mol. The number of rotatable bonds is 6. The molecular formula is C17H20FNO4. The van der Waals surface area contributed by atoms with Crippen LogP contribution < -0.4 is 0 Å². The van der Waals surface area contributed by atoms with Crippen molar-refractivity contribution in [2.24, 2.45) is 0 Å². The molecule has 0 aromatic heterocycles. The van der Waals surface area contributed by atoms with Crippen LogP contribution in [0.5, 0.6) is 0 Å². The van der Waals surface area contributed by atoms with Crippen molar-refractivity contribution in [3.8, 4) is 0 Å². The molecule has 5 nitrogen and oxygen atoms in total. The zero-order valence-corrected chi connectivity index (χ0v) is 12.8. The summed E-state index contributed by atoms with van der Waals surface area (Å²) in [5.74, 6) is -1.61. The molecule has 0 bridgehead atoms. The number of halogens is 1. The van der Waals surface area contributed by atoms with Crippen molar-refractivity contribution < 1.29 is 23.8 Å². The summed E-state index contributed by atoms with van der Waals surface area (Å²) >= 11 is 0. The third kappa shape index (κ3) is 5.49. The summed E-state index contributed by atoms with van der Waals surface area (Å²) in [5.41, 5.74) is 0.661. The number of carboxylic acids is 1. The second-order valence-corrected chi connectivity index (χ2v) is 5.42. The highest BCUT2D eigenvalue weighted by atomic mass is 19.1. The Kier molecular flexibility index (Phi) is 6.29. The molecule has 0 spiro atoms. The Morgan fingerprint density at radius 1 is 1.35 bits per heavy atom. The van der Waals surface area contributed by atoms with Crippen LogP contribution in [0.4, 0.5) is 4.39 Å². The van der Waals surface area contributed by atoms with E-state index in [1.807, 2.05) is 0 Å². The molecule has 1 aromatic rings.